The number of alkyl halides is 3. The van der Waals surface area contributed by atoms with Gasteiger partial charge in [-0.15, -0.1) is 0 Å². The third kappa shape index (κ3) is 4.32. The quantitative estimate of drug-likeness (QED) is 0.650. The summed E-state index contributed by atoms with van der Waals surface area (Å²) in [6.45, 7) is 5.85. The zero-order valence-corrected chi connectivity index (χ0v) is 19.7. The average molecular weight is 483 g/mol. The smallest absolute Gasteiger partial charge is 0.300 e. The van der Waals surface area contributed by atoms with Gasteiger partial charge >= 0.3 is 6.18 Å². The number of hydrogen-bond acceptors (Lipinski definition) is 5. The fourth-order valence-corrected chi connectivity index (χ4v) is 8.22. The van der Waals surface area contributed by atoms with Crippen molar-refractivity contribution in [3.8, 4) is 11.3 Å². The molecule has 1 saturated carbocycles. The minimum Gasteiger partial charge on any atom is -0.300 e. The molecule has 0 amide bonds. The Morgan fingerprint density at radius 1 is 1.15 bits per heavy atom. The third-order valence-corrected chi connectivity index (χ3v) is 9.58. The molecular formula is C23H29F3N4O2S. The van der Waals surface area contributed by atoms with Crippen LogP contribution in [0.15, 0.2) is 24.5 Å². The molecule has 5 rings (SSSR count). The van der Waals surface area contributed by atoms with Crippen molar-refractivity contribution in [2.24, 2.45) is 5.41 Å². The van der Waals surface area contributed by atoms with Crippen molar-refractivity contribution in [1.29, 1.82) is 0 Å². The Hall–Kier alpha value is -1.94. The van der Waals surface area contributed by atoms with E-state index >= 15 is 0 Å². The van der Waals surface area contributed by atoms with Crippen molar-refractivity contribution in [1.82, 2.24) is 19.7 Å². The predicted octanol–water partition coefficient (Wildman–Crippen LogP) is 4.30. The number of likely N-dealkylation sites (tertiary alicyclic amines) is 1. The molecule has 0 radical (unpaired) electrons. The first-order chi connectivity index (χ1) is 15.4. The first-order valence-electron chi connectivity index (χ1n) is 11.5. The highest BCUT2D eigenvalue weighted by atomic mass is 32.2. The molecule has 10 heteroatoms. The Labute approximate surface area is 192 Å². The van der Waals surface area contributed by atoms with Crippen LogP contribution in [0.1, 0.15) is 62.7 Å². The molecule has 2 aliphatic heterocycles. The van der Waals surface area contributed by atoms with Crippen molar-refractivity contribution in [2.75, 3.05) is 24.6 Å². The molecule has 4 heterocycles. The van der Waals surface area contributed by atoms with E-state index < -0.39 is 21.6 Å². The van der Waals surface area contributed by atoms with Crippen molar-refractivity contribution in [2.45, 2.75) is 63.7 Å². The van der Waals surface area contributed by atoms with Crippen molar-refractivity contribution in [3.05, 3.63) is 35.8 Å². The monoisotopic (exact) mass is 482 g/mol. The van der Waals surface area contributed by atoms with Crippen LogP contribution < -0.4 is 0 Å². The maximum absolute atomic E-state index is 13.2. The average Bonchev–Trinajstić information content (AvgIpc) is 3.44. The van der Waals surface area contributed by atoms with Crippen LogP contribution in [0.5, 0.6) is 0 Å². The minimum atomic E-state index is -4.45. The normalized spacial score (nSPS) is 26.8. The van der Waals surface area contributed by atoms with Gasteiger partial charge in [-0.25, -0.2) is 8.42 Å². The number of rotatable bonds is 4. The molecule has 2 atom stereocenters. The molecule has 1 unspecified atom stereocenters. The topological polar surface area (TPSA) is 68.1 Å². The second-order valence-electron chi connectivity index (χ2n) is 10.4. The van der Waals surface area contributed by atoms with E-state index in [1.165, 1.54) is 6.20 Å². The van der Waals surface area contributed by atoms with Crippen molar-refractivity contribution in [3.63, 3.8) is 0 Å². The minimum absolute atomic E-state index is 0.0414. The molecule has 3 fully saturated rings. The van der Waals surface area contributed by atoms with Gasteiger partial charge in [-0.05, 0) is 58.2 Å². The van der Waals surface area contributed by atoms with E-state index in [4.69, 9.17) is 0 Å². The molecule has 3 aliphatic rings. The summed E-state index contributed by atoms with van der Waals surface area (Å²) >= 11 is 0. The summed E-state index contributed by atoms with van der Waals surface area (Å²) < 4.78 is 64.8. The zero-order valence-electron chi connectivity index (χ0n) is 18.8. The largest absolute Gasteiger partial charge is 0.417 e. The Morgan fingerprint density at radius 2 is 1.91 bits per heavy atom. The summed E-state index contributed by atoms with van der Waals surface area (Å²) in [6.07, 6.45) is 1.76. The standard InChI is InChI=1S/C23H29F3N4O2S/c1-15(2)30-21(9-20(28-30)17-7-18(11-27-10-17)23(24,25)26)16-3-4-19(8-16)29-6-5-22(12-29)13-33(31,32)14-22/h7,9-11,15-16,19H,3-6,8,12-14H2,1-2H3/t16-,19?/m0/s1. The van der Waals surface area contributed by atoms with E-state index in [0.717, 1.165) is 56.7 Å². The fourth-order valence-electron chi connectivity index (χ4n) is 5.97. The van der Waals surface area contributed by atoms with Crippen molar-refractivity contribution >= 4 is 9.84 Å². The fraction of sp³-hybridized carbons (Fsp3) is 0.652. The third-order valence-electron chi connectivity index (χ3n) is 7.47. The van der Waals surface area contributed by atoms with Crippen LogP contribution in [0, 0.1) is 5.41 Å². The predicted molar refractivity (Wildman–Crippen MR) is 119 cm³/mol. The number of aromatic nitrogens is 3. The zero-order chi connectivity index (χ0) is 23.6. The summed E-state index contributed by atoms with van der Waals surface area (Å²) in [6, 6.07) is 3.53. The van der Waals surface area contributed by atoms with Gasteiger partial charge in [0.25, 0.3) is 0 Å². The first kappa shape index (κ1) is 22.8. The number of halogens is 3. The van der Waals surface area contributed by atoms with Crippen LogP contribution in [0.4, 0.5) is 13.2 Å². The van der Waals surface area contributed by atoms with E-state index in [0.29, 0.717) is 28.8 Å². The maximum Gasteiger partial charge on any atom is 0.417 e. The SMILES string of the molecule is CC(C)n1nc(-c2cncc(C(F)(F)F)c2)cc1[C@H]1CCC(N2CCC3(C2)CS(=O)(=O)C3)C1. The van der Waals surface area contributed by atoms with E-state index in [2.05, 4.69) is 15.0 Å². The molecule has 0 N–H and O–H groups in total. The summed E-state index contributed by atoms with van der Waals surface area (Å²) in [5, 5.41) is 4.66. The Morgan fingerprint density at radius 3 is 2.58 bits per heavy atom. The molecular weight excluding hydrogens is 453 g/mol. The van der Waals surface area contributed by atoms with Crippen LogP contribution in [0.25, 0.3) is 11.3 Å². The summed E-state index contributed by atoms with van der Waals surface area (Å²) in [5.41, 5.74) is 1.12. The van der Waals surface area contributed by atoms with E-state index in [1.807, 2.05) is 24.6 Å². The van der Waals surface area contributed by atoms with Gasteiger partial charge < -0.3 is 0 Å². The molecule has 2 aromatic heterocycles. The van der Waals surface area contributed by atoms with Crippen LogP contribution >= 0.6 is 0 Å². The molecule has 0 aromatic carbocycles. The molecule has 180 valence electrons. The lowest BCUT2D eigenvalue weighted by molar-refractivity contribution is -0.137. The Bertz CT molecular complexity index is 1150. The number of sulfone groups is 1. The Balaban J connectivity index is 1.34. The molecule has 2 aromatic rings. The number of pyridine rings is 1. The molecule has 2 saturated heterocycles. The van der Waals surface area contributed by atoms with Crippen LogP contribution in [-0.4, -0.2) is 58.7 Å². The highest BCUT2D eigenvalue weighted by Crippen LogP contribution is 2.46. The number of nitrogens with zero attached hydrogens (tertiary/aromatic N) is 4. The van der Waals surface area contributed by atoms with Crippen LogP contribution in [0.2, 0.25) is 0 Å². The Kier molecular flexibility index (Phi) is 5.39. The number of hydrogen-bond donors (Lipinski definition) is 0. The molecule has 6 nitrogen and oxygen atoms in total. The molecule has 1 aliphatic carbocycles. The summed E-state index contributed by atoms with van der Waals surface area (Å²) in [7, 11) is -2.84. The van der Waals surface area contributed by atoms with Crippen molar-refractivity contribution < 1.29 is 21.6 Å². The van der Waals surface area contributed by atoms with Gasteiger partial charge in [0.2, 0.25) is 0 Å². The molecule has 33 heavy (non-hydrogen) atoms. The lowest BCUT2D eigenvalue weighted by Gasteiger charge is -2.38. The maximum atomic E-state index is 13.2. The summed E-state index contributed by atoms with van der Waals surface area (Å²) in [5.74, 6) is 0.918. The van der Waals surface area contributed by atoms with E-state index in [9.17, 15) is 21.6 Å². The highest BCUT2D eigenvalue weighted by molar-refractivity contribution is 7.92. The van der Waals surface area contributed by atoms with Crippen LogP contribution in [-0.2, 0) is 16.0 Å². The highest BCUT2D eigenvalue weighted by Gasteiger charge is 2.53. The lowest BCUT2D eigenvalue weighted by Crippen LogP contribution is -2.50. The van der Waals surface area contributed by atoms with Gasteiger partial charge in [-0.1, -0.05) is 0 Å². The van der Waals surface area contributed by atoms with Gasteiger partial charge in [-0.3, -0.25) is 14.6 Å². The van der Waals surface area contributed by atoms with Gasteiger partial charge in [0.15, 0.2) is 9.84 Å². The second-order valence-corrected chi connectivity index (χ2v) is 12.4. The van der Waals surface area contributed by atoms with E-state index in [-0.39, 0.29) is 17.4 Å². The van der Waals surface area contributed by atoms with Gasteiger partial charge in [0.05, 0.1) is 22.8 Å². The van der Waals surface area contributed by atoms with Gasteiger partial charge in [-0.2, -0.15) is 18.3 Å². The first-order valence-corrected chi connectivity index (χ1v) is 13.3. The second kappa shape index (κ2) is 7.80. The van der Waals surface area contributed by atoms with E-state index in [1.54, 1.807) is 0 Å². The van der Waals surface area contributed by atoms with Crippen LogP contribution in [0.3, 0.4) is 0 Å². The van der Waals surface area contributed by atoms with Gasteiger partial charge in [0.1, 0.15) is 0 Å². The lowest BCUT2D eigenvalue weighted by atomic mass is 9.91. The van der Waals surface area contributed by atoms with Gasteiger partial charge in [0, 0.05) is 53.6 Å². The summed E-state index contributed by atoms with van der Waals surface area (Å²) in [4.78, 5) is 6.25. The molecule has 0 bridgehead atoms. The molecule has 1 spiro atoms.